The zero-order valence-electron chi connectivity index (χ0n) is 17.5. The van der Waals surface area contributed by atoms with Crippen LogP contribution in [0.25, 0.3) is 10.8 Å². The normalized spacial score (nSPS) is 16.9. The van der Waals surface area contributed by atoms with Gasteiger partial charge in [-0.25, -0.2) is 4.39 Å². The van der Waals surface area contributed by atoms with E-state index in [1.54, 1.807) is 12.1 Å². The van der Waals surface area contributed by atoms with Gasteiger partial charge in [0.25, 0.3) is 0 Å². The quantitative estimate of drug-likeness (QED) is 0.601. The van der Waals surface area contributed by atoms with Crippen LogP contribution in [0.2, 0.25) is 0 Å². The number of nitrogens with one attached hydrogen (secondary N) is 1. The highest BCUT2D eigenvalue weighted by molar-refractivity contribution is 5.94. The molecule has 0 radical (unpaired) electrons. The van der Waals surface area contributed by atoms with Crippen molar-refractivity contribution in [1.29, 1.82) is 0 Å². The molecule has 5 rings (SSSR count). The Morgan fingerprint density at radius 2 is 1.70 bits per heavy atom. The molecule has 2 aliphatic rings. The van der Waals surface area contributed by atoms with Gasteiger partial charge < -0.3 is 10.2 Å². The Labute approximate surface area is 178 Å². The van der Waals surface area contributed by atoms with Crippen LogP contribution < -0.4 is 10.2 Å². The maximum atomic E-state index is 13.8. The molecule has 1 N–H and O–H groups in total. The van der Waals surface area contributed by atoms with E-state index >= 15 is 0 Å². The minimum Gasteiger partial charge on any atom is -0.368 e. The Bertz CT molecular complexity index is 1020. The molecule has 30 heavy (non-hydrogen) atoms. The number of piperazine rings is 1. The lowest BCUT2D eigenvalue weighted by Crippen LogP contribution is -2.46. The summed E-state index contributed by atoms with van der Waals surface area (Å²) in [7, 11) is 0. The molecule has 3 aromatic rings. The van der Waals surface area contributed by atoms with Crippen molar-refractivity contribution >= 4 is 16.5 Å². The summed E-state index contributed by atoms with van der Waals surface area (Å²) in [5, 5.41) is 5.56. The summed E-state index contributed by atoms with van der Waals surface area (Å²) in [6.07, 6.45) is 3.67. The monoisotopic (exact) mass is 403 g/mol. The fourth-order valence-corrected chi connectivity index (χ4v) is 4.88. The lowest BCUT2D eigenvalue weighted by atomic mass is 10.0. The molecule has 0 amide bonds. The predicted molar refractivity (Wildman–Crippen MR) is 122 cm³/mol. The van der Waals surface area contributed by atoms with Gasteiger partial charge in [-0.2, -0.15) is 0 Å². The molecule has 0 aliphatic carbocycles. The minimum atomic E-state index is -0.159. The molecule has 0 spiro atoms. The first kappa shape index (κ1) is 19.5. The lowest BCUT2D eigenvalue weighted by Gasteiger charge is -2.36. The zero-order valence-corrected chi connectivity index (χ0v) is 17.5. The third-order valence-corrected chi connectivity index (χ3v) is 6.63. The van der Waals surface area contributed by atoms with Crippen molar-refractivity contribution in [3.8, 4) is 0 Å². The highest BCUT2D eigenvalue weighted by atomic mass is 19.1. The van der Waals surface area contributed by atoms with Gasteiger partial charge in [-0.15, -0.1) is 0 Å². The highest BCUT2D eigenvalue weighted by Gasteiger charge is 2.18. The number of unbranched alkanes of at least 4 members (excludes halogenated alkanes) is 1. The fraction of sp³-hybridized carbons (Fsp3) is 0.385. The molecule has 4 heteroatoms. The molecule has 2 heterocycles. The molecule has 1 fully saturated rings. The van der Waals surface area contributed by atoms with Crippen LogP contribution in [-0.4, -0.2) is 37.6 Å². The number of nitrogens with zero attached hydrogens (tertiary/aromatic N) is 2. The number of benzene rings is 3. The summed E-state index contributed by atoms with van der Waals surface area (Å²) in [6, 6.07) is 18.4. The Morgan fingerprint density at radius 1 is 0.833 bits per heavy atom. The van der Waals surface area contributed by atoms with Crippen LogP contribution in [0.4, 0.5) is 10.1 Å². The number of anilines is 1. The van der Waals surface area contributed by atoms with Gasteiger partial charge in [-0.3, -0.25) is 4.90 Å². The first-order valence-electron chi connectivity index (χ1n) is 11.2. The Hall–Kier alpha value is -2.43. The topological polar surface area (TPSA) is 18.5 Å². The molecule has 3 nitrogen and oxygen atoms in total. The van der Waals surface area contributed by atoms with Gasteiger partial charge in [0.1, 0.15) is 5.82 Å². The van der Waals surface area contributed by atoms with Crippen LogP contribution in [0.15, 0.2) is 54.6 Å². The number of aryl methyl sites for hydroxylation is 1. The predicted octanol–water partition coefficient (Wildman–Crippen LogP) is 4.73. The van der Waals surface area contributed by atoms with Crippen LogP contribution in [0.3, 0.4) is 0 Å². The van der Waals surface area contributed by atoms with E-state index in [0.29, 0.717) is 0 Å². The van der Waals surface area contributed by atoms with Crippen molar-refractivity contribution in [2.75, 3.05) is 37.6 Å². The van der Waals surface area contributed by atoms with Crippen molar-refractivity contribution in [3.05, 3.63) is 77.1 Å². The number of halogens is 1. The molecule has 0 unspecified atom stereocenters. The van der Waals surface area contributed by atoms with Gasteiger partial charge in [0.15, 0.2) is 0 Å². The lowest BCUT2D eigenvalue weighted by molar-refractivity contribution is 0.253. The summed E-state index contributed by atoms with van der Waals surface area (Å²) in [5.41, 5.74) is 5.59. The third kappa shape index (κ3) is 4.21. The molecule has 0 aromatic heterocycles. The molecular formula is C26H30FN3. The Kier molecular flexibility index (Phi) is 5.69. The van der Waals surface area contributed by atoms with Crippen LogP contribution >= 0.6 is 0 Å². The molecule has 0 atom stereocenters. The molecular weight excluding hydrogens is 373 g/mol. The van der Waals surface area contributed by atoms with Crippen molar-refractivity contribution in [3.63, 3.8) is 0 Å². The molecule has 1 saturated heterocycles. The standard InChI is InChI=1S/C26H30FN3/c27-24-10-9-21-5-3-6-26(25(21)17-24)30-14-12-29(13-15-30)11-2-1-4-20-7-8-22-18-28-19-23(22)16-20/h3,5-10,16-17,28H,1-2,4,11-15,18-19H2. The first-order chi connectivity index (χ1) is 14.8. The number of hydrogen-bond donors (Lipinski definition) is 1. The second-order valence-electron chi connectivity index (χ2n) is 8.64. The maximum absolute atomic E-state index is 13.8. The van der Waals surface area contributed by atoms with Gasteiger partial charge in [0, 0.05) is 50.3 Å². The van der Waals surface area contributed by atoms with E-state index in [9.17, 15) is 4.39 Å². The van der Waals surface area contributed by atoms with Gasteiger partial charge in [0.05, 0.1) is 0 Å². The SMILES string of the molecule is Fc1ccc2cccc(N3CCN(CCCCc4ccc5c(c4)CNC5)CC3)c2c1. The van der Waals surface area contributed by atoms with E-state index in [-0.39, 0.29) is 5.82 Å². The molecule has 0 saturated carbocycles. The number of rotatable bonds is 6. The van der Waals surface area contributed by atoms with Crippen molar-refractivity contribution < 1.29 is 4.39 Å². The highest BCUT2D eigenvalue weighted by Crippen LogP contribution is 2.28. The summed E-state index contributed by atoms with van der Waals surface area (Å²) >= 11 is 0. The van der Waals surface area contributed by atoms with Crippen LogP contribution in [0.5, 0.6) is 0 Å². The third-order valence-electron chi connectivity index (χ3n) is 6.63. The van der Waals surface area contributed by atoms with Gasteiger partial charge >= 0.3 is 0 Å². The van der Waals surface area contributed by atoms with E-state index in [2.05, 4.69) is 51.5 Å². The summed E-state index contributed by atoms with van der Waals surface area (Å²) in [5.74, 6) is -0.159. The fourth-order valence-electron chi connectivity index (χ4n) is 4.88. The molecule has 0 bridgehead atoms. The summed E-state index contributed by atoms with van der Waals surface area (Å²) in [4.78, 5) is 4.99. The van der Waals surface area contributed by atoms with Crippen LogP contribution in [-0.2, 0) is 19.5 Å². The van der Waals surface area contributed by atoms with Crippen LogP contribution in [0, 0.1) is 5.82 Å². The molecule has 2 aliphatic heterocycles. The second-order valence-corrected chi connectivity index (χ2v) is 8.64. The largest absolute Gasteiger partial charge is 0.368 e. The van der Waals surface area contributed by atoms with Crippen molar-refractivity contribution in [2.45, 2.75) is 32.4 Å². The van der Waals surface area contributed by atoms with E-state index < -0.39 is 0 Å². The van der Waals surface area contributed by atoms with Crippen molar-refractivity contribution in [2.24, 2.45) is 0 Å². The first-order valence-corrected chi connectivity index (χ1v) is 11.2. The summed E-state index contributed by atoms with van der Waals surface area (Å²) < 4.78 is 13.8. The summed E-state index contributed by atoms with van der Waals surface area (Å²) in [6.45, 7) is 7.39. The van der Waals surface area contributed by atoms with Crippen molar-refractivity contribution in [1.82, 2.24) is 10.2 Å². The van der Waals surface area contributed by atoms with Crippen LogP contribution in [0.1, 0.15) is 29.5 Å². The van der Waals surface area contributed by atoms with Gasteiger partial charge in [0.2, 0.25) is 0 Å². The van der Waals surface area contributed by atoms with E-state index in [4.69, 9.17) is 0 Å². The minimum absolute atomic E-state index is 0.159. The smallest absolute Gasteiger partial charge is 0.123 e. The Morgan fingerprint density at radius 3 is 2.60 bits per heavy atom. The van der Waals surface area contributed by atoms with Gasteiger partial charge in [-0.05, 0) is 66.1 Å². The van der Waals surface area contributed by atoms with Gasteiger partial charge in [-0.1, -0.05) is 36.4 Å². The second kappa shape index (κ2) is 8.75. The average Bonchev–Trinajstić information content (AvgIpc) is 3.25. The average molecular weight is 404 g/mol. The number of fused-ring (bicyclic) bond motifs is 2. The Balaban J connectivity index is 1.11. The molecule has 156 valence electrons. The number of hydrogen-bond acceptors (Lipinski definition) is 3. The van der Waals surface area contributed by atoms with E-state index in [1.807, 2.05) is 6.07 Å². The van der Waals surface area contributed by atoms with E-state index in [1.165, 1.54) is 42.5 Å². The maximum Gasteiger partial charge on any atom is 0.123 e. The zero-order chi connectivity index (χ0) is 20.3. The van der Waals surface area contributed by atoms with E-state index in [0.717, 1.165) is 55.7 Å². The molecule has 3 aromatic carbocycles.